The van der Waals surface area contributed by atoms with Crippen LogP contribution >= 0.6 is 34.7 Å². The number of carboxylic acids is 1. The standard InChI is InChI=1S/C12H9ClO2S2/c13-9-3-4-10(8(6-9)7-11(14)15)17-12-2-1-5-16-12/h1-6H,7H2,(H,14,15). The fraction of sp³-hybridized carbons (Fsp3) is 0.0833. The molecule has 17 heavy (non-hydrogen) atoms. The second kappa shape index (κ2) is 5.58. The van der Waals surface area contributed by atoms with Crippen molar-refractivity contribution in [1.82, 2.24) is 0 Å². The van der Waals surface area contributed by atoms with Crippen molar-refractivity contribution in [3.63, 3.8) is 0 Å². The van der Waals surface area contributed by atoms with Gasteiger partial charge in [0, 0.05) is 9.92 Å². The Labute approximate surface area is 112 Å². The van der Waals surface area contributed by atoms with Crippen LogP contribution in [0.5, 0.6) is 0 Å². The first kappa shape index (κ1) is 12.5. The minimum Gasteiger partial charge on any atom is -0.481 e. The largest absolute Gasteiger partial charge is 0.481 e. The van der Waals surface area contributed by atoms with Crippen LogP contribution in [0.15, 0.2) is 44.8 Å². The van der Waals surface area contributed by atoms with E-state index in [1.54, 1.807) is 35.2 Å². The van der Waals surface area contributed by atoms with Crippen molar-refractivity contribution in [3.05, 3.63) is 46.3 Å². The number of benzene rings is 1. The molecule has 5 heteroatoms. The zero-order valence-electron chi connectivity index (χ0n) is 8.72. The van der Waals surface area contributed by atoms with Gasteiger partial charge in [0.05, 0.1) is 10.6 Å². The molecule has 2 rings (SSSR count). The van der Waals surface area contributed by atoms with Crippen LogP contribution in [0.4, 0.5) is 0 Å². The van der Waals surface area contributed by atoms with E-state index in [2.05, 4.69) is 0 Å². The molecule has 0 unspecified atom stereocenters. The number of aliphatic carboxylic acids is 1. The maximum atomic E-state index is 10.8. The molecule has 0 aliphatic heterocycles. The molecule has 0 aliphatic rings. The number of thiophene rings is 1. The lowest BCUT2D eigenvalue weighted by molar-refractivity contribution is -0.136. The Morgan fingerprint density at radius 3 is 2.88 bits per heavy atom. The number of hydrogen-bond donors (Lipinski definition) is 1. The van der Waals surface area contributed by atoms with Crippen molar-refractivity contribution < 1.29 is 9.90 Å². The molecule has 1 heterocycles. The van der Waals surface area contributed by atoms with Gasteiger partial charge in [0.1, 0.15) is 0 Å². The summed E-state index contributed by atoms with van der Waals surface area (Å²) in [5.41, 5.74) is 0.753. The van der Waals surface area contributed by atoms with E-state index in [1.807, 2.05) is 23.6 Å². The molecule has 1 aromatic heterocycles. The van der Waals surface area contributed by atoms with E-state index < -0.39 is 5.97 Å². The van der Waals surface area contributed by atoms with Gasteiger partial charge in [-0.3, -0.25) is 4.79 Å². The molecular formula is C12H9ClO2S2. The number of carboxylic acid groups (broad SMARTS) is 1. The number of hydrogen-bond acceptors (Lipinski definition) is 3. The molecule has 88 valence electrons. The van der Waals surface area contributed by atoms with Crippen molar-refractivity contribution in [2.24, 2.45) is 0 Å². The van der Waals surface area contributed by atoms with Crippen molar-refractivity contribution in [3.8, 4) is 0 Å². The first-order valence-corrected chi connectivity index (χ1v) is 6.94. The van der Waals surface area contributed by atoms with Gasteiger partial charge in [-0.15, -0.1) is 11.3 Å². The van der Waals surface area contributed by atoms with Gasteiger partial charge in [-0.25, -0.2) is 0 Å². The number of halogens is 1. The summed E-state index contributed by atoms with van der Waals surface area (Å²) < 4.78 is 1.14. The van der Waals surface area contributed by atoms with Crippen LogP contribution in [-0.2, 0) is 11.2 Å². The number of rotatable bonds is 4. The molecule has 0 bridgehead atoms. The molecule has 1 N–H and O–H groups in total. The Balaban J connectivity index is 2.28. The van der Waals surface area contributed by atoms with E-state index in [9.17, 15) is 4.79 Å². The molecule has 1 aromatic carbocycles. The molecule has 0 atom stereocenters. The quantitative estimate of drug-likeness (QED) is 0.915. The van der Waals surface area contributed by atoms with Gasteiger partial charge in [0.25, 0.3) is 0 Å². The molecule has 0 aliphatic carbocycles. The summed E-state index contributed by atoms with van der Waals surface area (Å²) in [4.78, 5) is 11.7. The highest BCUT2D eigenvalue weighted by Gasteiger charge is 2.09. The fourth-order valence-electron chi connectivity index (χ4n) is 1.38. The third-order valence-corrected chi connectivity index (χ3v) is 4.46. The smallest absolute Gasteiger partial charge is 0.307 e. The third-order valence-electron chi connectivity index (χ3n) is 2.07. The highest BCUT2D eigenvalue weighted by Crippen LogP contribution is 2.34. The normalized spacial score (nSPS) is 10.4. The summed E-state index contributed by atoms with van der Waals surface area (Å²) in [5, 5.41) is 11.4. The van der Waals surface area contributed by atoms with Crippen LogP contribution in [-0.4, -0.2) is 11.1 Å². The van der Waals surface area contributed by atoms with Gasteiger partial charge in [-0.2, -0.15) is 0 Å². The van der Waals surface area contributed by atoms with Crippen LogP contribution in [0.25, 0.3) is 0 Å². The summed E-state index contributed by atoms with van der Waals surface area (Å²) in [5.74, 6) is -0.847. The van der Waals surface area contributed by atoms with Gasteiger partial charge < -0.3 is 5.11 Å². The van der Waals surface area contributed by atoms with E-state index in [0.29, 0.717) is 5.02 Å². The first-order chi connectivity index (χ1) is 8.15. The van der Waals surface area contributed by atoms with Crippen molar-refractivity contribution in [2.45, 2.75) is 15.5 Å². The lowest BCUT2D eigenvalue weighted by Gasteiger charge is -2.06. The maximum absolute atomic E-state index is 10.8. The van der Waals surface area contributed by atoms with E-state index in [-0.39, 0.29) is 6.42 Å². The molecule has 0 spiro atoms. The lowest BCUT2D eigenvalue weighted by Crippen LogP contribution is -2.01. The molecule has 0 amide bonds. The average Bonchev–Trinajstić information content (AvgIpc) is 2.74. The zero-order chi connectivity index (χ0) is 12.3. The van der Waals surface area contributed by atoms with Gasteiger partial charge in [0.2, 0.25) is 0 Å². The summed E-state index contributed by atoms with van der Waals surface area (Å²) in [6, 6.07) is 9.34. The Bertz CT molecular complexity index is 523. The predicted octanol–water partition coefficient (Wildman–Crippen LogP) is 4.18. The topological polar surface area (TPSA) is 37.3 Å². The molecule has 0 radical (unpaired) electrons. The average molecular weight is 285 g/mol. The van der Waals surface area contributed by atoms with Crippen LogP contribution < -0.4 is 0 Å². The second-order valence-electron chi connectivity index (χ2n) is 3.36. The van der Waals surface area contributed by atoms with Crippen molar-refractivity contribution >= 4 is 40.7 Å². The maximum Gasteiger partial charge on any atom is 0.307 e. The Morgan fingerprint density at radius 1 is 1.41 bits per heavy atom. The third kappa shape index (κ3) is 3.49. The summed E-state index contributed by atoms with van der Waals surface area (Å²) in [7, 11) is 0. The minimum atomic E-state index is -0.847. The van der Waals surface area contributed by atoms with Gasteiger partial charge in [0.15, 0.2) is 0 Å². The summed E-state index contributed by atoms with van der Waals surface area (Å²) in [6.45, 7) is 0. The van der Waals surface area contributed by atoms with Crippen LogP contribution in [0, 0.1) is 0 Å². The molecule has 0 saturated heterocycles. The number of carbonyl (C=O) groups is 1. The van der Waals surface area contributed by atoms with Gasteiger partial charge >= 0.3 is 5.97 Å². The Morgan fingerprint density at radius 2 is 2.24 bits per heavy atom. The van der Waals surface area contributed by atoms with Crippen LogP contribution in [0.2, 0.25) is 5.02 Å². The minimum absolute atomic E-state index is 0.00569. The molecule has 2 nitrogen and oxygen atoms in total. The van der Waals surface area contributed by atoms with E-state index >= 15 is 0 Å². The molecule has 0 fully saturated rings. The zero-order valence-corrected chi connectivity index (χ0v) is 11.1. The first-order valence-electron chi connectivity index (χ1n) is 4.87. The molecule has 0 saturated carbocycles. The Kier molecular flexibility index (Phi) is 4.10. The van der Waals surface area contributed by atoms with Gasteiger partial charge in [-0.1, -0.05) is 29.4 Å². The monoisotopic (exact) mass is 284 g/mol. The van der Waals surface area contributed by atoms with Gasteiger partial charge in [-0.05, 0) is 35.2 Å². The highest BCUT2D eigenvalue weighted by atomic mass is 35.5. The van der Waals surface area contributed by atoms with Crippen LogP contribution in [0.1, 0.15) is 5.56 Å². The van der Waals surface area contributed by atoms with E-state index in [4.69, 9.17) is 16.7 Å². The SMILES string of the molecule is O=C(O)Cc1cc(Cl)ccc1Sc1cccs1. The summed E-state index contributed by atoms with van der Waals surface area (Å²) in [6.07, 6.45) is -0.00569. The fourth-order valence-corrected chi connectivity index (χ4v) is 3.41. The summed E-state index contributed by atoms with van der Waals surface area (Å²) >= 11 is 9.08. The van der Waals surface area contributed by atoms with Crippen molar-refractivity contribution in [2.75, 3.05) is 0 Å². The van der Waals surface area contributed by atoms with Crippen molar-refractivity contribution in [1.29, 1.82) is 0 Å². The second-order valence-corrected chi connectivity index (χ2v) is 6.08. The van der Waals surface area contributed by atoms with E-state index in [0.717, 1.165) is 14.7 Å². The lowest BCUT2D eigenvalue weighted by atomic mass is 10.1. The van der Waals surface area contributed by atoms with Crippen LogP contribution in [0.3, 0.4) is 0 Å². The van der Waals surface area contributed by atoms with E-state index in [1.165, 1.54) is 0 Å². The Hall–Kier alpha value is -0.970. The molecule has 2 aromatic rings. The molecular weight excluding hydrogens is 276 g/mol. The highest BCUT2D eigenvalue weighted by molar-refractivity contribution is 8.01. The predicted molar refractivity (Wildman–Crippen MR) is 71.2 cm³/mol.